The molecular formula is C20H13N3. The lowest BCUT2D eigenvalue weighted by Gasteiger charge is -2.07. The lowest BCUT2D eigenvalue weighted by Crippen LogP contribution is -1.92. The number of rotatable bonds is 2. The van der Waals surface area contributed by atoms with Crippen molar-refractivity contribution >= 4 is 10.9 Å². The number of hydrogen-bond acceptors (Lipinski definition) is 2. The van der Waals surface area contributed by atoms with Crippen LogP contribution in [0.1, 0.15) is 5.56 Å². The van der Waals surface area contributed by atoms with Crippen molar-refractivity contribution < 1.29 is 0 Å². The van der Waals surface area contributed by atoms with Crippen molar-refractivity contribution in [2.45, 2.75) is 0 Å². The molecule has 2 aromatic heterocycles. The third-order valence-electron chi connectivity index (χ3n) is 3.94. The van der Waals surface area contributed by atoms with Crippen molar-refractivity contribution in [1.29, 1.82) is 5.26 Å². The molecule has 2 heterocycles. The first-order valence-electron chi connectivity index (χ1n) is 7.37. The largest absolute Gasteiger partial charge is 0.316 e. The quantitative estimate of drug-likeness (QED) is 0.544. The van der Waals surface area contributed by atoms with E-state index in [1.54, 1.807) is 6.20 Å². The van der Waals surface area contributed by atoms with Crippen LogP contribution in [-0.4, -0.2) is 9.55 Å². The Morgan fingerprint density at radius 2 is 1.87 bits per heavy atom. The molecule has 3 heteroatoms. The molecule has 0 aliphatic heterocycles. The average molecular weight is 295 g/mol. The fraction of sp³-hybridized carbons (Fsp3) is 0. The van der Waals surface area contributed by atoms with E-state index >= 15 is 0 Å². The smallest absolute Gasteiger partial charge is 0.0992 e. The summed E-state index contributed by atoms with van der Waals surface area (Å²) in [4.78, 5) is 4.19. The first kappa shape index (κ1) is 13.3. The van der Waals surface area contributed by atoms with Crippen molar-refractivity contribution in [2.24, 2.45) is 0 Å². The average Bonchev–Trinajstić information content (AvgIpc) is 3.05. The molecule has 0 spiro atoms. The van der Waals surface area contributed by atoms with Gasteiger partial charge >= 0.3 is 0 Å². The molecule has 0 atom stereocenters. The second-order valence-electron chi connectivity index (χ2n) is 5.36. The van der Waals surface area contributed by atoms with Crippen molar-refractivity contribution in [3.63, 3.8) is 0 Å². The van der Waals surface area contributed by atoms with Gasteiger partial charge in [-0.25, -0.2) is 0 Å². The van der Waals surface area contributed by atoms with Crippen LogP contribution in [0.4, 0.5) is 0 Å². The standard InChI is InChI=1S/C20H13N3/c21-13-15-3-1-5-19(11-15)23-10-8-16-6-7-17(12-20(16)23)18-4-2-9-22-14-18/h1-12,14H. The zero-order valence-corrected chi connectivity index (χ0v) is 12.3. The Hall–Kier alpha value is -3.38. The monoisotopic (exact) mass is 295 g/mol. The number of benzene rings is 2. The molecule has 0 radical (unpaired) electrons. The van der Waals surface area contributed by atoms with Crippen LogP contribution in [0, 0.1) is 11.3 Å². The van der Waals surface area contributed by atoms with Gasteiger partial charge < -0.3 is 4.57 Å². The minimum atomic E-state index is 0.660. The van der Waals surface area contributed by atoms with Crippen molar-refractivity contribution in [2.75, 3.05) is 0 Å². The minimum absolute atomic E-state index is 0.660. The number of aromatic nitrogens is 2. The van der Waals surface area contributed by atoms with Crippen LogP contribution in [0.3, 0.4) is 0 Å². The van der Waals surface area contributed by atoms with Crippen molar-refractivity contribution in [3.05, 3.63) is 84.8 Å². The molecule has 4 rings (SSSR count). The number of fused-ring (bicyclic) bond motifs is 1. The molecular weight excluding hydrogens is 282 g/mol. The topological polar surface area (TPSA) is 41.6 Å². The van der Waals surface area contributed by atoms with Gasteiger partial charge in [0.1, 0.15) is 0 Å². The molecule has 0 fully saturated rings. The van der Waals surface area contributed by atoms with E-state index in [2.05, 4.69) is 46.0 Å². The second-order valence-corrected chi connectivity index (χ2v) is 5.36. The molecule has 3 nitrogen and oxygen atoms in total. The molecule has 0 saturated heterocycles. The van der Waals surface area contributed by atoms with Gasteiger partial charge in [-0.2, -0.15) is 5.26 Å². The van der Waals surface area contributed by atoms with Gasteiger partial charge in [-0.1, -0.05) is 24.3 Å². The first-order valence-corrected chi connectivity index (χ1v) is 7.37. The van der Waals surface area contributed by atoms with E-state index in [9.17, 15) is 0 Å². The highest BCUT2D eigenvalue weighted by atomic mass is 15.0. The molecule has 23 heavy (non-hydrogen) atoms. The molecule has 0 aliphatic rings. The molecule has 0 bridgehead atoms. The molecule has 4 aromatic rings. The Morgan fingerprint density at radius 3 is 2.70 bits per heavy atom. The van der Waals surface area contributed by atoms with E-state index in [-0.39, 0.29) is 0 Å². The summed E-state index contributed by atoms with van der Waals surface area (Å²) in [5.41, 5.74) is 4.98. The van der Waals surface area contributed by atoms with Gasteiger partial charge in [-0.3, -0.25) is 4.98 Å². The molecule has 0 N–H and O–H groups in total. The fourth-order valence-corrected chi connectivity index (χ4v) is 2.79. The lowest BCUT2D eigenvalue weighted by atomic mass is 10.1. The van der Waals surface area contributed by atoms with Gasteiger partial charge in [0, 0.05) is 29.8 Å². The van der Waals surface area contributed by atoms with Gasteiger partial charge in [-0.05, 0) is 47.3 Å². The van der Waals surface area contributed by atoms with Gasteiger partial charge in [0.05, 0.1) is 17.1 Å². The molecule has 108 valence electrons. The number of hydrogen-bond donors (Lipinski definition) is 0. The van der Waals surface area contributed by atoms with E-state index in [1.807, 2.05) is 42.7 Å². The van der Waals surface area contributed by atoms with Crippen LogP contribution in [0.15, 0.2) is 79.3 Å². The van der Waals surface area contributed by atoms with Crippen LogP contribution in [0.25, 0.3) is 27.7 Å². The highest BCUT2D eigenvalue weighted by Crippen LogP contribution is 2.27. The van der Waals surface area contributed by atoms with Gasteiger partial charge in [-0.15, -0.1) is 0 Å². The summed E-state index contributed by atoms with van der Waals surface area (Å²) in [6.07, 6.45) is 5.68. The van der Waals surface area contributed by atoms with E-state index in [1.165, 1.54) is 5.39 Å². The lowest BCUT2D eigenvalue weighted by molar-refractivity contribution is 1.13. The van der Waals surface area contributed by atoms with Crippen molar-refractivity contribution in [1.82, 2.24) is 9.55 Å². The Morgan fingerprint density at radius 1 is 0.913 bits per heavy atom. The van der Waals surface area contributed by atoms with Crippen LogP contribution < -0.4 is 0 Å². The zero-order valence-electron chi connectivity index (χ0n) is 12.3. The van der Waals surface area contributed by atoms with Crippen molar-refractivity contribution in [3.8, 4) is 22.9 Å². The van der Waals surface area contributed by atoms with Gasteiger partial charge in [0.15, 0.2) is 0 Å². The summed E-state index contributed by atoms with van der Waals surface area (Å²) < 4.78 is 2.11. The van der Waals surface area contributed by atoms with E-state index in [0.29, 0.717) is 5.56 Å². The van der Waals surface area contributed by atoms with E-state index in [4.69, 9.17) is 5.26 Å². The number of pyridine rings is 1. The summed E-state index contributed by atoms with van der Waals surface area (Å²) in [5, 5.41) is 10.3. The summed E-state index contributed by atoms with van der Waals surface area (Å²) in [6, 6.07) is 22.3. The molecule has 2 aromatic carbocycles. The van der Waals surface area contributed by atoms with Crippen LogP contribution in [-0.2, 0) is 0 Å². The van der Waals surface area contributed by atoms with Gasteiger partial charge in [0.2, 0.25) is 0 Å². The molecule has 0 unspecified atom stereocenters. The third-order valence-corrected chi connectivity index (χ3v) is 3.94. The predicted octanol–water partition coefficient (Wildman–Crippen LogP) is 4.56. The highest BCUT2D eigenvalue weighted by molar-refractivity contribution is 5.86. The number of nitriles is 1. The Balaban J connectivity index is 1.90. The Labute approximate surface area is 134 Å². The Bertz CT molecular complexity index is 1020. The Kier molecular flexibility index (Phi) is 3.14. The normalized spacial score (nSPS) is 10.6. The minimum Gasteiger partial charge on any atom is -0.316 e. The fourth-order valence-electron chi connectivity index (χ4n) is 2.79. The van der Waals surface area contributed by atoms with Crippen LogP contribution in [0.2, 0.25) is 0 Å². The second kappa shape index (κ2) is 5.43. The molecule has 0 amide bonds. The predicted molar refractivity (Wildman–Crippen MR) is 91.2 cm³/mol. The zero-order chi connectivity index (χ0) is 15.6. The number of nitrogens with zero attached hydrogens (tertiary/aromatic N) is 3. The van der Waals surface area contributed by atoms with Gasteiger partial charge in [0.25, 0.3) is 0 Å². The van der Waals surface area contributed by atoms with Crippen LogP contribution in [0.5, 0.6) is 0 Å². The molecule has 0 saturated carbocycles. The third kappa shape index (κ3) is 2.37. The summed E-state index contributed by atoms with van der Waals surface area (Å²) >= 11 is 0. The van der Waals surface area contributed by atoms with Crippen LogP contribution >= 0.6 is 0 Å². The van der Waals surface area contributed by atoms with E-state index in [0.717, 1.165) is 22.3 Å². The molecule has 0 aliphatic carbocycles. The summed E-state index contributed by atoms with van der Waals surface area (Å²) in [5.74, 6) is 0. The van der Waals surface area contributed by atoms with E-state index < -0.39 is 0 Å². The highest BCUT2D eigenvalue weighted by Gasteiger charge is 2.06. The first-order chi connectivity index (χ1) is 11.3. The maximum absolute atomic E-state index is 9.10. The SMILES string of the molecule is N#Cc1cccc(-n2ccc3ccc(-c4cccnc4)cc32)c1. The maximum Gasteiger partial charge on any atom is 0.0992 e. The summed E-state index contributed by atoms with van der Waals surface area (Å²) in [6.45, 7) is 0. The summed E-state index contributed by atoms with van der Waals surface area (Å²) in [7, 11) is 0. The maximum atomic E-state index is 9.10.